The van der Waals surface area contributed by atoms with Crippen molar-refractivity contribution >= 4 is 12.0 Å². The first kappa shape index (κ1) is 16.7. The maximum atomic E-state index is 11.6. The second-order valence-corrected chi connectivity index (χ2v) is 3.71. The van der Waals surface area contributed by atoms with Crippen molar-refractivity contribution in [2.24, 2.45) is 0 Å². The van der Waals surface area contributed by atoms with E-state index in [1.165, 1.54) is 11.9 Å². The maximum Gasteiger partial charge on any atom is 0.326 e. The maximum absolute atomic E-state index is 11.6. The van der Waals surface area contributed by atoms with Gasteiger partial charge in [-0.2, -0.15) is 0 Å². The quantitative estimate of drug-likeness (QED) is 0.578. The highest BCUT2D eigenvalue weighted by Crippen LogP contribution is 2.01. The van der Waals surface area contributed by atoms with Crippen molar-refractivity contribution < 1.29 is 24.2 Å². The van der Waals surface area contributed by atoms with E-state index in [1.807, 2.05) is 0 Å². The van der Waals surface area contributed by atoms with Crippen LogP contribution in [-0.2, 0) is 14.3 Å². The Morgan fingerprint density at radius 3 is 2.50 bits per heavy atom. The lowest BCUT2D eigenvalue weighted by molar-refractivity contribution is -0.141. The van der Waals surface area contributed by atoms with Crippen LogP contribution in [0.25, 0.3) is 0 Å². The van der Waals surface area contributed by atoms with Crippen LogP contribution in [0.15, 0.2) is 0 Å². The van der Waals surface area contributed by atoms with E-state index in [2.05, 4.69) is 5.32 Å². The van der Waals surface area contributed by atoms with E-state index in [0.717, 1.165) is 0 Å². The zero-order valence-electron chi connectivity index (χ0n) is 11.1. The highest BCUT2D eigenvalue weighted by molar-refractivity contribution is 5.82. The molecule has 7 heteroatoms. The van der Waals surface area contributed by atoms with Crippen molar-refractivity contribution in [1.29, 1.82) is 0 Å². The van der Waals surface area contributed by atoms with Gasteiger partial charge in [0.2, 0.25) is 0 Å². The monoisotopic (exact) mass is 262 g/mol. The third kappa shape index (κ3) is 6.41. The molecule has 1 unspecified atom stereocenters. The fraction of sp³-hybridized carbons (Fsp3) is 0.818. The van der Waals surface area contributed by atoms with Gasteiger partial charge in [0.05, 0.1) is 19.8 Å². The van der Waals surface area contributed by atoms with Crippen LogP contribution in [0.2, 0.25) is 0 Å². The SMILES string of the molecule is CCC(C(=O)O)N(C)C(=O)NCCOCCOC. The van der Waals surface area contributed by atoms with Gasteiger partial charge in [-0.1, -0.05) is 6.92 Å². The van der Waals surface area contributed by atoms with Crippen molar-refractivity contribution in [3.05, 3.63) is 0 Å². The van der Waals surface area contributed by atoms with E-state index in [9.17, 15) is 9.59 Å². The van der Waals surface area contributed by atoms with Gasteiger partial charge in [0.15, 0.2) is 0 Å². The van der Waals surface area contributed by atoms with Crippen molar-refractivity contribution in [2.75, 3.05) is 40.5 Å². The number of methoxy groups -OCH3 is 1. The number of aliphatic carboxylic acids is 1. The Balaban J connectivity index is 3.83. The molecule has 106 valence electrons. The van der Waals surface area contributed by atoms with Crippen LogP contribution < -0.4 is 5.32 Å². The van der Waals surface area contributed by atoms with Crippen molar-refractivity contribution in [1.82, 2.24) is 10.2 Å². The number of carbonyl (C=O) groups is 2. The highest BCUT2D eigenvalue weighted by atomic mass is 16.5. The second kappa shape index (κ2) is 9.67. The number of hydrogen-bond donors (Lipinski definition) is 2. The van der Waals surface area contributed by atoms with Crippen LogP contribution in [0.4, 0.5) is 4.79 Å². The molecule has 0 rings (SSSR count). The normalized spacial score (nSPS) is 11.9. The topological polar surface area (TPSA) is 88.1 Å². The van der Waals surface area contributed by atoms with Crippen LogP contribution in [0.3, 0.4) is 0 Å². The zero-order chi connectivity index (χ0) is 14.0. The molecule has 0 aromatic rings. The molecule has 0 aliphatic heterocycles. The fourth-order valence-electron chi connectivity index (χ4n) is 1.35. The molecule has 0 aliphatic rings. The van der Waals surface area contributed by atoms with E-state index in [4.69, 9.17) is 14.6 Å². The molecular weight excluding hydrogens is 240 g/mol. The van der Waals surface area contributed by atoms with E-state index in [-0.39, 0.29) is 0 Å². The molecule has 18 heavy (non-hydrogen) atoms. The van der Waals surface area contributed by atoms with Gasteiger partial charge in [0.25, 0.3) is 0 Å². The van der Waals surface area contributed by atoms with Gasteiger partial charge >= 0.3 is 12.0 Å². The van der Waals surface area contributed by atoms with Crippen LogP contribution in [0.5, 0.6) is 0 Å². The first-order valence-corrected chi connectivity index (χ1v) is 5.84. The Bertz CT molecular complexity index is 260. The Morgan fingerprint density at radius 2 is 2.00 bits per heavy atom. The smallest absolute Gasteiger partial charge is 0.326 e. The predicted molar refractivity (Wildman–Crippen MR) is 65.6 cm³/mol. The third-order valence-electron chi connectivity index (χ3n) is 2.41. The number of carbonyl (C=O) groups excluding carboxylic acids is 1. The van der Waals surface area contributed by atoms with Gasteiger partial charge in [0, 0.05) is 20.7 Å². The number of carboxylic acids is 1. The van der Waals surface area contributed by atoms with E-state index in [1.54, 1.807) is 14.0 Å². The van der Waals surface area contributed by atoms with Crippen molar-refractivity contribution in [2.45, 2.75) is 19.4 Å². The first-order chi connectivity index (χ1) is 8.54. The van der Waals surface area contributed by atoms with Gasteiger partial charge in [-0.05, 0) is 6.42 Å². The molecule has 0 aromatic heterocycles. The molecule has 1 atom stereocenters. The van der Waals surface area contributed by atoms with Crippen molar-refractivity contribution in [3.63, 3.8) is 0 Å². The minimum Gasteiger partial charge on any atom is -0.480 e. The molecular formula is C11H22N2O5. The summed E-state index contributed by atoms with van der Waals surface area (Å²) in [6.07, 6.45) is 0.365. The highest BCUT2D eigenvalue weighted by Gasteiger charge is 2.24. The molecule has 0 spiro atoms. The third-order valence-corrected chi connectivity index (χ3v) is 2.41. The number of nitrogens with zero attached hydrogens (tertiary/aromatic N) is 1. The fourth-order valence-corrected chi connectivity index (χ4v) is 1.35. The number of rotatable bonds is 9. The predicted octanol–water partition coefficient (Wildman–Crippen LogP) is 0.154. The lowest BCUT2D eigenvalue weighted by atomic mass is 10.2. The van der Waals surface area contributed by atoms with E-state index < -0.39 is 18.0 Å². The summed E-state index contributed by atoms with van der Waals surface area (Å²) in [5, 5.41) is 11.5. The van der Waals surface area contributed by atoms with Gasteiger partial charge < -0.3 is 24.8 Å². The summed E-state index contributed by atoms with van der Waals surface area (Å²) in [6.45, 7) is 3.39. The summed E-state index contributed by atoms with van der Waals surface area (Å²) >= 11 is 0. The number of ether oxygens (including phenoxy) is 2. The summed E-state index contributed by atoms with van der Waals surface area (Å²) in [7, 11) is 3.04. The van der Waals surface area contributed by atoms with Gasteiger partial charge in [-0.3, -0.25) is 0 Å². The molecule has 0 aromatic carbocycles. The molecule has 0 saturated carbocycles. The minimum atomic E-state index is -1.01. The summed E-state index contributed by atoms with van der Waals surface area (Å²) < 4.78 is 9.96. The molecule has 2 amide bonds. The van der Waals surface area contributed by atoms with Crippen LogP contribution in [0.1, 0.15) is 13.3 Å². The minimum absolute atomic E-state index is 0.336. The zero-order valence-corrected chi connectivity index (χ0v) is 11.1. The second-order valence-electron chi connectivity index (χ2n) is 3.71. The average Bonchev–Trinajstić information content (AvgIpc) is 2.33. The first-order valence-electron chi connectivity index (χ1n) is 5.84. The molecule has 7 nitrogen and oxygen atoms in total. The average molecular weight is 262 g/mol. The lowest BCUT2D eigenvalue weighted by Crippen LogP contribution is -2.47. The summed E-state index contributed by atoms with van der Waals surface area (Å²) in [4.78, 5) is 23.7. The Kier molecular flexibility index (Phi) is 8.95. The number of urea groups is 1. The summed E-state index contributed by atoms with van der Waals surface area (Å²) in [5.74, 6) is -1.01. The number of amides is 2. The van der Waals surface area contributed by atoms with Gasteiger partial charge in [-0.25, -0.2) is 9.59 Å². The Morgan fingerprint density at radius 1 is 1.33 bits per heavy atom. The summed E-state index contributed by atoms with van der Waals surface area (Å²) in [5.41, 5.74) is 0. The largest absolute Gasteiger partial charge is 0.480 e. The molecule has 0 aliphatic carbocycles. The molecule has 0 bridgehead atoms. The molecule has 0 fully saturated rings. The Hall–Kier alpha value is -1.34. The number of carboxylic acid groups (broad SMARTS) is 1. The van der Waals surface area contributed by atoms with E-state index in [0.29, 0.717) is 32.8 Å². The molecule has 0 radical (unpaired) electrons. The van der Waals surface area contributed by atoms with Crippen LogP contribution >= 0.6 is 0 Å². The van der Waals surface area contributed by atoms with E-state index >= 15 is 0 Å². The lowest BCUT2D eigenvalue weighted by Gasteiger charge is -2.23. The number of hydrogen-bond acceptors (Lipinski definition) is 4. The van der Waals surface area contributed by atoms with Gasteiger partial charge in [0.1, 0.15) is 6.04 Å². The molecule has 2 N–H and O–H groups in total. The van der Waals surface area contributed by atoms with Crippen molar-refractivity contribution in [3.8, 4) is 0 Å². The number of nitrogens with one attached hydrogen (secondary N) is 1. The van der Waals surface area contributed by atoms with Crippen LogP contribution in [0, 0.1) is 0 Å². The molecule has 0 saturated heterocycles. The van der Waals surface area contributed by atoms with Crippen LogP contribution in [-0.4, -0.2) is 68.6 Å². The summed E-state index contributed by atoms with van der Waals surface area (Å²) in [6, 6.07) is -1.22. The molecule has 0 heterocycles. The standard InChI is InChI=1S/C11H22N2O5/c1-4-9(10(14)15)13(2)11(16)12-5-6-18-8-7-17-3/h9H,4-8H2,1-3H3,(H,12,16)(H,14,15). The number of likely N-dealkylation sites (N-methyl/N-ethyl adjacent to an activating group) is 1. The Labute approximate surface area is 107 Å². The van der Waals surface area contributed by atoms with Gasteiger partial charge in [-0.15, -0.1) is 0 Å².